The van der Waals surface area contributed by atoms with Crippen LogP contribution in [0.2, 0.25) is 0 Å². The molecule has 0 bridgehead atoms. The first-order valence-corrected chi connectivity index (χ1v) is 5.08. The summed E-state index contributed by atoms with van der Waals surface area (Å²) < 4.78 is 0. The normalized spacial score (nSPS) is 22.4. The SMILES string of the molecule is O=C1Nc2ccccc2C12[CH]CCC2. The first-order chi connectivity index (χ1) is 6.83. The van der Waals surface area contributed by atoms with Crippen LogP contribution in [0.5, 0.6) is 0 Å². The molecule has 14 heavy (non-hydrogen) atoms. The molecule has 1 aliphatic carbocycles. The molecule has 1 amide bonds. The molecule has 0 aromatic heterocycles. The summed E-state index contributed by atoms with van der Waals surface area (Å²) >= 11 is 0. The minimum absolute atomic E-state index is 0.163. The van der Waals surface area contributed by atoms with Crippen LogP contribution < -0.4 is 5.32 Å². The summed E-state index contributed by atoms with van der Waals surface area (Å²) in [4.78, 5) is 11.9. The topological polar surface area (TPSA) is 29.1 Å². The van der Waals surface area contributed by atoms with Gasteiger partial charge in [-0.2, -0.15) is 0 Å². The molecule has 1 N–H and O–H groups in total. The monoisotopic (exact) mass is 186 g/mol. The van der Waals surface area contributed by atoms with Crippen molar-refractivity contribution >= 4 is 11.6 Å². The number of amides is 1. The quantitative estimate of drug-likeness (QED) is 0.661. The molecule has 71 valence electrons. The molecule has 1 spiro atoms. The van der Waals surface area contributed by atoms with Crippen LogP contribution in [0, 0.1) is 6.42 Å². The van der Waals surface area contributed by atoms with Gasteiger partial charge in [0, 0.05) is 5.69 Å². The van der Waals surface area contributed by atoms with E-state index in [0.717, 1.165) is 24.9 Å². The molecule has 1 radical (unpaired) electrons. The summed E-state index contributed by atoms with van der Waals surface area (Å²) in [6, 6.07) is 8.02. The third-order valence-electron chi connectivity index (χ3n) is 3.33. The molecular formula is C12H12NO. The summed E-state index contributed by atoms with van der Waals surface area (Å²) in [5.74, 6) is 0.163. The third-order valence-corrected chi connectivity index (χ3v) is 3.33. The molecule has 2 heteroatoms. The molecule has 1 atom stereocenters. The second-order valence-corrected chi connectivity index (χ2v) is 4.07. The Labute approximate surface area is 83.3 Å². The van der Waals surface area contributed by atoms with E-state index in [9.17, 15) is 4.79 Å². The predicted molar refractivity (Wildman–Crippen MR) is 54.9 cm³/mol. The van der Waals surface area contributed by atoms with Crippen molar-refractivity contribution in [1.82, 2.24) is 0 Å². The van der Waals surface area contributed by atoms with Gasteiger partial charge in [-0.3, -0.25) is 4.79 Å². The second kappa shape index (κ2) is 2.59. The highest BCUT2D eigenvalue weighted by atomic mass is 16.2. The molecule has 1 fully saturated rings. The maximum atomic E-state index is 11.9. The molecule has 1 saturated carbocycles. The highest BCUT2D eigenvalue weighted by molar-refractivity contribution is 6.07. The maximum Gasteiger partial charge on any atom is 0.235 e. The number of rotatable bonds is 0. The van der Waals surface area contributed by atoms with Crippen LogP contribution >= 0.6 is 0 Å². The summed E-state index contributed by atoms with van der Waals surface area (Å²) in [6.45, 7) is 0. The standard InChI is InChI=1S/C12H12NO/c14-11-12(7-3-4-8-12)9-5-1-2-6-10(9)13-11/h1-2,5-7H,3-4,8H2,(H,13,14). The van der Waals surface area contributed by atoms with Crippen molar-refractivity contribution in [2.75, 3.05) is 5.32 Å². The van der Waals surface area contributed by atoms with Gasteiger partial charge in [0.15, 0.2) is 0 Å². The number of benzene rings is 1. The average molecular weight is 186 g/mol. The zero-order chi connectivity index (χ0) is 9.60. The molecule has 0 saturated heterocycles. The van der Waals surface area contributed by atoms with E-state index in [1.165, 1.54) is 5.56 Å². The molecular weight excluding hydrogens is 174 g/mol. The van der Waals surface area contributed by atoms with E-state index in [2.05, 4.69) is 17.8 Å². The zero-order valence-corrected chi connectivity index (χ0v) is 7.92. The number of hydrogen-bond donors (Lipinski definition) is 1. The number of carbonyl (C=O) groups is 1. The van der Waals surface area contributed by atoms with Crippen molar-refractivity contribution in [2.45, 2.75) is 24.7 Å². The van der Waals surface area contributed by atoms with E-state index >= 15 is 0 Å². The van der Waals surface area contributed by atoms with Gasteiger partial charge in [-0.05, 0) is 30.9 Å². The third kappa shape index (κ3) is 0.834. The Balaban J connectivity index is 2.18. The van der Waals surface area contributed by atoms with Gasteiger partial charge in [0.25, 0.3) is 0 Å². The van der Waals surface area contributed by atoms with E-state index in [0.29, 0.717) is 0 Å². The Kier molecular flexibility index (Phi) is 1.49. The van der Waals surface area contributed by atoms with Gasteiger partial charge in [0.2, 0.25) is 5.91 Å². The largest absolute Gasteiger partial charge is 0.325 e. The maximum absolute atomic E-state index is 11.9. The van der Waals surface area contributed by atoms with Crippen molar-refractivity contribution in [3.8, 4) is 0 Å². The van der Waals surface area contributed by atoms with Crippen LogP contribution in [0.1, 0.15) is 24.8 Å². The smallest absolute Gasteiger partial charge is 0.235 e. The molecule has 2 aliphatic rings. The van der Waals surface area contributed by atoms with Gasteiger partial charge < -0.3 is 5.32 Å². The van der Waals surface area contributed by atoms with Gasteiger partial charge in [-0.15, -0.1) is 0 Å². The summed E-state index contributed by atoms with van der Waals surface area (Å²) in [6.07, 6.45) is 5.33. The van der Waals surface area contributed by atoms with Crippen molar-refractivity contribution < 1.29 is 4.79 Å². The van der Waals surface area contributed by atoms with E-state index in [1.807, 2.05) is 18.2 Å². The van der Waals surface area contributed by atoms with Crippen LogP contribution in [0.15, 0.2) is 24.3 Å². The molecule has 1 unspecified atom stereocenters. The zero-order valence-electron chi connectivity index (χ0n) is 7.92. The van der Waals surface area contributed by atoms with Crippen LogP contribution in [0.25, 0.3) is 0 Å². The van der Waals surface area contributed by atoms with Crippen LogP contribution in [0.4, 0.5) is 5.69 Å². The van der Waals surface area contributed by atoms with Crippen molar-refractivity contribution in [1.29, 1.82) is 0 Å². The lowest BCUT2D eigenvalue weighted by atomic mass is 9.80. The molecule has 1 aromatic carbocycles. The van der Waals surface area contributed by atoms with Gasteiger partial charge >= 0.3 is 0 Å². The van der Waals surface area contributed by atoms with Gasteiger partial charge in [0.05, 0.1) is 5.41 Å². The lowest BCUT2D eigenvalue weighted by Crippen LogP contribution is -2.31. The highest BCUT2D eigenvalue weighted by Crippen LogP contribution is 2.47. The fourth-order valence-corrected chi connectivity index (χ4v) is 2.62. The molecule has 1 aliphatic heterocycles. The highest BCUT2D eigenvalue weighted by Gasteiger charge is 2.48. The Morgan fingerprint density at radius 1 is 1.29 bits per heavy atom. The number of hydrogen-bond acceptors (Lipinski definition) is 1. The molecule has 1 heterocycles. The Hall–Kier alpha value is -1.31. The van der Waals surface area contributed by atoms with E-state index in [-0.39, 0.29) is 11.3 Å². The molecule has 3 rings (SSSR count). The number of para-hydroxylation sites is 1. The van der Waals surface area contributed by atoms with Crippen molar-refractivity contribution in [3.63, 3.8) is 0 Å². The number of nitrogens with one attached hydrogen (secondary N) is 1. The second-order valence-electron chi connectivity index (χ2n) is 4.07. The number of anilines is 1. The average Bonchev–Trinajstić information content (AvgIpc) is 2.77. The Bertz CT molecular complexity index is 391. The minimum Gasteiger partial charge on any atom is -0.325 e. The lowest BCUT2D eigenvalue weighted by molar-refractivity contribution is -0.119. The first-order valence-electron chi connectivity index (χ1n) is 5.08. The van der Waals surface area contributed by atoms with Crippen molar-refractivity contribution in [2.24, 2.45) is 0 Å². The van der Waals surface area contributed by atoms with E-state index in [1.54, 1.807) is 0 Å². The lowest BCUT2D eigenvalue weighted by Gasteiger charge is -2.19. The van der Waals surface area contributed by atoms with Crippen LogP contribution in [0.3, 0.4) is 0 Å². The summed E-state index contributed by atoms with van der Waals surface area (Å²) in [5, 5.41) is 2.96. The Morgan fingerprint density at radius 2 is 2.14 bits per heavy atom. The summed E-state index contributed by atoms with van der Waals surface area (Å²) in [7, 11) is 0. The summed E-state index contributed by atoms with van der Waals surface area (Å²) in [5.41, 5.74) is 1.87. The van der Waals surface area contributed by atoms with Crippen LogP contribution in [-0.2, 0) is 10.2 Å². The number of carbonyl (C=O) groups excluding carboxylic acids is 1. The fraction of sp³-hybridized carbons (Fsp3) is 0.333. The van der Waals surface area contributed by atoms with Gasteiger partial charge in [-0.1, -0.05) is 24.6 Å². The molecule has 2 nitrogen and oxygen atoms in total. The Morgan fingerprint density at radius 3 is 2.93 bits per heavy atom. The van der Waals surface area contributed by atoms with E-state index < -0.39 is 0 Å². The van der Waals surface area contributed by atoms with Crippen LogP contribution in [-0.4, -0.2) is 5.91 Å². The molecule has 1 aromatic rings. The van der Waals surface area contributed by atoms with E-state index in [4.69, 9.17) is 0 Å². The van der Waals surface area contributed by atoms with Crippen molar-refractivity contribution in [3.05, 3.63) is 36.2 Å². The minimum atomic E-state index is -0.295. The first kappa shape index (κ1) is 8.04. The van der Waals surface area contributed by atoms with Gasteiger partial charge in [-0.25, -0.2) is 0 Å². The predicted octanol–water partition coefficient (Wildman–Crippen LogP) is 2.26. The van der Waals surface area contributed by atoms with Gasteiger partial charge in [0.1, 0.15) is 0 Å². The number of fused-ring (bicyclic) bond motifs is 2. The fourth-order valence-electron chi connectivity index (χ4n) is 2.62.